The van der Waals surface area contributed by atoms with Crippen LogP contribution in [0.15, 0.2) is 48.5 Å². The van der Waals surface area contributed by atoms with Crippen LogP contribution in [0.25, 0.3) is 11.1 Å². The van der Waals surface area contributed by atoms with Crippen LogP contribution < -0.4 is 5.73 Å². The number of hydrogen-bond donors (Lipinski definition) is 2. The molecule has 23 heavy (non-hydrogen) atoms. The van der Waals surface area contributed by atoms with Crippen LogP contribution in [0, 0.1) is 0 Å². The molecule has 0 spiro atoms. The van der Waals surface area contributed by atoms with Crippen molar-refractivity contribution in [3.05, 3.63) is 59.1 Å². The Morgan fingerprint density at radius 2 is 1.65 bits per heavy atom. The predicted octanol–water partition coefficient (Wildman–Crippen LogP) is 4.97. The molecule has 6 heteroatoms. The van der Waals surface area contributed by atoms with Crippen LogP contribution in [0.5, 0.6) is 0 Å². The number of thioether (sulfide) groups is 1. The van der Waals surface area contributed by atoms with Crippen LogP contribution in [-0.2, 0) is 4.79 Å². The van der Waals surface area contributed by atoms with Crippen molar-refractivity contribution in [1.29, 1.82) is 0 Å². The summed E-state index contributed by atoms with van der Waals surface area (Å²) in [4.78, 5) is 22.1. The normalized spacial score (nSPS) is 11.1. The molecular weight excluding hydrogens is 334 g/mol. The van der Waals surface area contributed by atoms with Gasteiger partial charge in [0.2, 0.25) is 0 Å². The molecule has 4 nitrogen and oxygen atoms in total. The molecule has 0 heterocycles. The van der Waals surface area contributed by atoms with E-state index >= 15 is 0 Å². The fourth-order valence-electron chi connectivity index (χ4n) is 1.91. The van der Waals surface area contributed by atoms with Crippen LogP contribution in [0.3, 0.4) is 0 Å². The highest BCUT2D eigenvalue weighted by Crippen LogP contribution is 2.32. The summed E-state index contributed by atoms with van der Waals surface area (Å²) < 4.78 is 0. The molecule has 2 aromatic carbocycles. The summed E-state index contributed by atoms with van der Waals surface area (Å²) >= 11 is 6.70. The minimum absolute atomic E-state index is 0.502. The van der Waals surface area contributed by atoms with Gasteiger partial charge in [-0.15, -0.1) is 0 Å². The SMILES string of the molecule is CC.NC(=O)SC(C(=O)O)c1ccc(-c2ccccc2Cl)cc1. The zero-order chi connectivity index (χ0) is 17.4. The van der Waals surface area contributed by atoms with E-state index in [4.69, 9.17) is 22.4 Å². The van der Waals surface area contributed by atoms with Gasteiger partial charge >= 0.3 is 5.97 Å². The van der Waals surface area contributed by atoms with E-state index in [1.54, 1.807) is 30.3 Å². The zero-order valence-electron chi connectivity index (χ0n) is 12.8. The van der Waals surface area contributed by atoms with E-state index in [2.05, 4.69) is 0 Å². The van der Waals surface area contributed by atoms with Crippen LogP contribution in [0.2, 0.25) is 5.02 Å². The summed E-state index contributed by atoms with van der Waals surface area (Å²) in [6.45, 7) is 4.00. The molecule has 0 aromatic heterocycles. The lowest BCUT2D eigenvalue weighted by Crippen LogP contribution is -2.13. The Morgan fingerprint density at radius 3 is 2.13 bits per heavy atom. The second-order valence-electron chi connectivity index (χ2n) is 4.26. The van der Waals surface area contributed by atoms with Crippen molar-refractivity contribution >= 4 is 34.6 Å². The molecular formula is C17H18ClNO3S. The molecule has 0 fully saturated rings. The average Bonchev–Trinajstić information content (AvgIpc) is 2.55. The quantitative estimate of drug-likeness (QED) is 0.814. The third-order valence-corrected chi connectivity index (χ3v) is 4.13. The lowest BCUT2D eigenvalue weighted by molar-refractivity contribution is -0.136. The van der Waals surface area contributed by atoms with E-state index in [0.29, 0.717) is 22.3 Å². The van der Waals surface area contributed by atoms with Crippen LogP contribution in [0.1, 0.15) is 24.7 Å². The Kier molecular flexibility index (Phi) is 7.65. The molecule has 0 saturated carbocycles. The molecule has 0 aliphatic carbocycles. The molecule has 3 N–H and O–H groups in total. The summed E-state index contributed by atoms with van der Waals surface area (Å²) in [7, 11) is 0. The largest absolute Gasteiger partial charge is 0.480 e. The molecule has 2 aromatic rings. The summed E-state index contributed by atoms with van der Waals surface area (Å²) in [6, 6.07) is 14.2. The zero-order valence-corrected chi connectivity index (χ0v) is 14.4. The van der Waals surface area contributed by atoms with Crippen molar-refractivity contribution in [2.24, 2.45) is 5.73 Å². The van der Waals surface area contributed by atoms with Gasteiger partial charge in [-0.25, -0.2) is 0 Å². The van der Waals surface area contributed by atoms with E-state index in [-0.39, 0.29) is 0 Å². The van der Waals surface area contributed by atoms with E-state index < -0.39 is 16.5 Å². The van der Waals surface area contributed by atoms with E-state index in [0.717, 1.165) is 11.1 Å². The van der Waals surface area contributed by atoms with Gasteiger partial charge in [-0.2, -0.15) is 0 Å². The molecule has 122 valence electrons. The average molecular weight is 352 g/mol. The van der Waals surface area contributed by atoms with E-state index in [1.165, 1.54) is 0 Å². The van der Waals surface area contributed by atoms with Crippen molar-refractivity contribution in [3.8, 4) is 11.1 Å². The van der Waals surface area contributed by atoms with Crippen molar-refractivity contribution in [2.45, 2.75) is 19.1 Å². The predicted molar refractivity (Wildman–Crippen MR) is 95.8 cm³/mol. The van der Waals surface area contributed by atoms with Gasteiger partial charge in [0.25, 0.3) is 5.24 Å². The van der Waals surface area contributed by atoms with Gasteiger partial charge in [0, 0.05) is 10.6 Å². The highest BCUT2D eigenvalue weighted by Gasteiger charge is 2.23. The molecule has 1 amide bonds. The first-order chi connectivity index (χ1) is 11.0. The fourth-order valence-corrected chi connectivity index (χ4v) is 2.78. The minimum atomic E-state index is -1.11. The fraction of sp³-hybridized carbons (Fsp3) is 0.176. The smallest absolute Gasteiger partial charge is 0.321 e. The summed E-state index contributed by atoms with van der Waals surface area (Å²) in [6.07, 6.45) is 0. The molecule has 0 bridgehead atoms. The van der Waals surface area contributed by atoms with Crippen molar-refractivity contribution < 1.29 is 14.7 Å². The molecule has 0 radical (unpaired) electrons. The molecule has 0 saturated heterocycles. The van der Waals surface area contributed by atoms with Gasteiger partial charge in [0.15, 0.2) is 0 Å². The molecule has 1 unspecified atom stereocenters. The van der Waals surface area contributed by atoms with Crippen LogP contribution in [-0.4, -0.2) is 16.3 Å². The van der Waals surface area contributed by atoms with Crippen molar-refractivity contribution in [3.63, 3.8) is 0 Å². The molecule has 0 aliphatic rings. The Bertz CT molecular complexity index is 674. The molecule has 0 aliphatic heterocycles. The maximum atomic E-state index is 11.2. The summed E-state index contributed by atoms with van der Waals surface area (Å²) in [5.41, 5.74) is 7.29. The standard InChI is InChI=1S/C15H12ClNO3S.C2H6/c16-12-4-2-1-3-11(12)9-5-7-10(8-6-9)13(14(18)19)21-15(17)20;1-2/h1-8,13H,(H2,17,20)(H,18,19);1-2H3. The number of benzene rings is 2. The first-order valence-electron chi connectivity index (χ1n) is 7.03. The van der Waals surface area contributed by atoms with Gasteiger partial charge in [-0.3, -0.25) is 9.59 Å². The highest BCUT2D eigenvalue weighted by atomic mass is 35.5. The number of carbonyl (C=O) groups excluding carboxylic acids is 1. The number of amides is 1. The first-order valence-corrected chi connectivity index (χ1v) is 8.28. The Morgan fingerprint density at radius 1 is 1.09 bits per heavy atom. The Labute approximate surface area is 144 Å². The number of carboxylic acid groups (broad SMARTS) is 1. The van der Waals surface area contributed by atoms with Gasteiger partial charge in [-0.05, 0) is 29.0 Å². The second kappa shape index (κ2) is 9.22. The molecule has 1 atom stereocenters. The van der Waals surface area contributed by atoms with Crippen LogP contribution >= 0.6 is 23.4 Å². The topological polar surface area (TPSA) is 80.4 Å². The van der Waals surface area contributed by atoms with E-state index in [1.807, 2.05) is 32.0 Å². The monoisotopic (exact) mass is 351 g/mol. The number of primary amides is 1. The van der Waals surface area contributed by atoms with E-state index in [9.17, 15) is 9.59 Å². The highest BCUT2D eigenvalue weighted by molar-refractivity contribution is 8.14. The Hall–Kier alpha value is -1.98. The van der Waals surface area contributed by atoms with Gasteiger partial charge in [0.05, 0.1) is 0 Å². The van der Waals surface area contributed by atoms with Crippen LogP contribution in [0.4, 0.5) is 4.79 Å². The number of carboxylic acids is 1. The van der Waals surface area contributed by atoms with Crippen molar-refractivity contribution in [2.75, 3.05) is 0 Å². The number of nitrogens with two attached hydrogens (primary N) is 1. The number of hydrogen-bond acceptors (Lipinski definition) is 3. The summed E-state index contributed by atoms with van der Waals surface area (Å²) in [5.74, 6) is -1.11. The Balaban J connectivity index is 0.00000127. The number of aliphatic carboxylic acids is 1. The van der Waals surface area contributed by atoms with Gasteiger partial charge in [-0.1, -0.05) is 67.9 Å². The number of halogens is 1. The third kappa shape index (κ3) is 5.30. The lowest BCUT2D eigenvalue weighted by Gasteiger charge is -2.11. The lowest BCUT2D eigenvalue weighted by atomic mass is 10.0. The number of carbonyl (C=O) groups is 2. The second-order valence-corrected chi connectivity index (χ2v) is 5.77. The maximum Gasteiger partial charge on any atom is 0.321 e. The third-order valence-electron chi connectivity index (χ3n) is 2.86. The first kappa shape index (κ1) is 19.1. The summed E-state index contributed by atoms with van der Waals surface area (Å²) in [5, 5.41) is 8.04. The number of rotatable bonds is 4. The minimum Gasteiger partial charge on any atom is -0.480 e. The van der Waals surface area contributed by atoms with Crippen molar-refractivity contribution in [1.82, 2.24) is 0 Å². The van der Waals surface area contributed by atoms with Gasteiger partial charge < -0.3 is 10.8 Å². The van der Waals surface area contributed by atoms with Gasteiger partial charge in [0.1, 0.15) is 5.25 Å². The molecule has 2 rings (SSSR count). The maximum absolute atomic E-state index is 11.2.